The van der Waals surface area contributed by atoms with E-state index >= 15 is 0 Å². The number of amides is 1. The standard InChI is InChI=1S/C19H20FN5O/c20-12-6-4-11(5-7-12)17-24-16-15(8-9-22-18(16)25-17)19(26)23-14-3-1-2-13(21)10-14/h4-9,13-14H,1-3,10,21H2,(H,23,26)(H,22,24,25). The normalized spacial score (nSPS) is 20.2. The van der Waals surface area contributed by atoms with E-state index in [4.69, 9.17) is 5.73 Å². The SMILES string of the molecule is NC1CCCC(NC(=O)c2ccnc3nc(-c4ccc(F)cc4)[nH]c23)C1. The fourth-order valence-corrected chi connectivity index (χ4v) is 3.47. The van der Waals surface area contributed by atoms with Crippen LogP contribution in [-0.2, 0) is 0 Å². The Morgan fingerprint density at radius 2 is 2.04 bits per heavy atom. The summed E-state index contributed by atoms with van der Waals surface area (Å²) in [5.74, 6) is 0.0759. The molecule has 6 nitrogen and oxygen atoms in total. The van der Waals surface area contributed by atoms with Gasteiger partial charge in [-0.1, -0.05) is 0 Å². The molecular weight excluding hydrogens is 333 g/mol. The summed E-state index contributed by atoms with van der Waals surface area (Å²) >= 11 is 0. The topological polar surface area (TPSA) is 96.7 Å². The van der Waals surface area contributed by atoms with Gasteiger partial charge in [-0.2, -0.15) is 0 Å². The van der Waals surface area contributed by atoms with Crippen LogP contribution in [0, 0.1) is 5.82 Å². The maximum Gasteiger partial charge on any atom is 0.253 e. The highest BCUT2D eigenvalue weighted by Gasteiger charge is 2.23. The number of benzene rings is 1. The van der Waals surface area contributed by atoms with Gasteiger partial charge in [0.05, 0.1) is 11.1 Å². The van der Waals surface area contributed by atoms with Crippen LogP contribution in [0.15, 0.2) is 36.5 Å². The van der Waals surface area contributed by atoms with Gasteiger partial charge in [0.2, 0.25) is 0 Å². The second-order valence-corrected chi connectivity index (χ2v) is 6.75. The van der Waals surface area contributed by atoms with Gasteiger partial charge in [0.15, 0.2) is 5.65 Å². The zero-order valence-corrected chi connectivity index (χ0v) is 14.2. The van der Waals surface area contributed by atoms with Crippen LogP contribution < -0.4 is 11.1 Å². The fourth-order valence-electron chi connectivity index (χ4n) is 3.47. The van der Waals surface area contributed by atoms with Crippen LogP contribution in [0.3, 0.4) is 0 Å². The molecule has 3 aromatic rings. The van der Waals surface area contributed by atoms with Crippen LogP contribution in [0.2, 0.25) is 0 Å². The first-order chi connectivity index (χ1) is 12.6. The van der Waals surface area contributed by atoms with E-state index in [0.29, 0.717) is 22.6 Å². The zero-order chi connectivity index (χ0) is 18.1. The first kappa shape index (κ1) is 16.7. The molecule has 2 aromatic heterocycles. The molecule has 4 rings (SSSR count). The molecule has 2 atom stereocenters. The number of rotatable bonds is 3. The Balaban J connectivity index is 1.63. The number of aromatic amines is 1. The number of aromatic nitrogens is 3. The summed E-state index contributed by atoms with van der Waals surface area (Å²) < 4.78 is 13.1. The molecule has 134 valence electrons. The minimum absolute atomic E-state index is 0.0916. The summed E-state index contributed by atoms with van der Waals surface area (Å²) in [7, 11) is 0. The molecule has 26 heavy (non-hydrogen) atoms. The Hall–Kier alpha value is -2.80. The van der Waals surface area contributed by atoms with Gasteiger partial charge < -0.3 is 16.0 Å². The van der Waals surface area contributed by atoms with Crippen molar-refractivity contribution in [2.24, 2.45) is 5.73 Å². The van der Waals surface area contributed by atoms with Crippen LogP contribution in [-0.4, -0.2) is 32.9 Å². The van der Waals surface area contributed by atoms with E-state index in [1.165, 1.54) is 12.1 Å². The molecule has 1 aliphatic carbocycles. The molecule has 1 fully saturated rings. The Bertz CT molecular complexity index is 937. The Kier molecular flexibility index (Phi) is 4.38. The molecule has 0 saturated heterocycles. The molecule has 0 radical (unpaired) electrons. The summed E-state index contributed by atoms with van der Waals surface area (Å²) in [4.78, 5) is 24.5. The van der Waals surface area contributed by atoms with Gasteiger partial charge in [0.25, 0.3) is 5.91 Å². The third-order valence-electron chi connectivity index (χ3n) is 4.80. The lowest BCUT2D eigenvalue weighted by Gasteiger charge is -2.27. The summed E-state index contributed by atoms with van der Waals surface area (Å²) in [5, 5.41) is 3.07. The van der Waals surface area contributed by atoms with E-state index in [0.717, 1.165) is 31.2 Å². The highest BCUT2D eigenvalue weighted by atomic mass is 19.1. The van der Waals surface area contributed by atoms with Crippen molar-refractivity contribution >= 4 is 17.1 Å². The molecule has 2 unspecified atom stereocenters. The van der Waals surface area contributed by atoms with Crippen molar-refractivity contribution in [3.63, 3.8) is 0 Å². The Morgan fingerprint density at radius 3 is 2.81 bits per heavy atom. The number of nitrogens with two attached hydrogens (primary N) is 1. The van der Waals surface area contributed by atoms with Crippen LogP contribution in [0.4, 0.5) is 4.39 Å². The summed E-state index contributed by atoms with van der Waals surface area (Å²) in [6.07, 6.45) is 5.34. The molecule has 1 saturated carbocycles. The third kappa shape index (κ3) is 3.30. The molecule has 1 amide bonds. The van der Waals surface area contributed by atoms with E-state index < -0.39 is 0 Å². The maximum atomic E-state index is 13.1. The monoisotopic (exact) mass is 353 g/mol. The van der Waals surface area contributed by atoms with Crippen LogP contribution in [0.1, 0.15) is 36.0 Å². The fraction of sp³-hybridized carbons (Fsp3) is 0.316. The molecule has 1 aliphatic rings. The number of nitrogens with zero attached hydrogens (tertiary/aromatic N) is 2. The second-order valence-electron chi connectivity index (χ2n) is 6.75. The number of H-pyrrole nitrogens is 1. The van der Waals surface area contributed by atoms with Crippen LogP contribution in [0.25, 0.3) is 22.6 Å². The van der Waals surface area contributed by atoms with Crippen molar-refractivity contribution in [2.45, 2.75) is 37.8 Å². The van der Waals surface area contributed by atoms with Crippen molar-refractivity contribution in [3.05, 3.63) is 47.9 Å². The van der Waals surface area contributed by atoms with Crippen molar-refractivity contribution < 1.29 is 9.18 Å². The van der Waals surface area contributed by atoms with Crippen molar-refractivity contribution in [3.8, 4) is 11.4 Å². The molecular formula is C19H20FN5O. The van der Waals surface area contributed by atoms with Gasteiger partial charge in [-0.25, -0.2) is 14.4 Å². The largest absolute Gasteiger partial charge is 0.349 e. The second kappa shape index (κ2) is 6.84. The highest BCUT2D eigenvalue weighted by Crippen LogP contribution is 2.23. The maximum absolute atomic E-state index is 13.1. The third-order valence-corrected chi connectivity index (χ3v) is 4.80. The van der Waals surface area contributed by atoms with Gasteiger partial charge in [0, 0.05) is 23.8 Å². The predicted octanol–water partition coefficient (Wildman–Crippen LogP) is 2.76. The van der Waals surface area contributed by atoms with Gasteiger partial charge in [0.1, 0.15) is 11.6 Å². The number of pyridine rings is 1. The summed E-state index contributed by atoms with van der Waals surface area (Å²) in [6.45, 7) is 0. The number of carbonyl (C=O) groups excluding carboxylic acids is 1. The highest BCUT2D eigenvalue weighted by molar-refractivity contribution is 6.04. The van der Waals surface area contributed by atoms with Crippen LogP contribution in [0.5, 0.6) is 0 Å². The molecule has 2 heterocycles. The van der Waals surface area contributed by atoms with Gasteiger partial charge >= 0.3 is 0 Å². The number of imidazole rings is 1. The minimum atomic E-state index is -0.311. The smallest absolute Gasteiger partial charge is 0.253 e. The number of hydrogen-bond acceptors (Lipinski definition) is 4. The quantitative estimate of drug-likeness (QED) is 0.674. The zero-order valence-electron chi connectivity index (χ0n) is 14.2. The average molecular weight is 353 g/mol. The first-order valence-electron chi connectivity index (χ1n) is 8.77. The summed E-state index contributed by atoms with van der Waals surface area (Å²) in [5.41, 5.74) is 8.26. The predicted molar refractivity (Wildman–Crippen MR) is 97.0 cm³/mol. The van der Waals surface area contributed by atoms with Crippen LogP contribution >= 0.6 is 0 Å². The number of carbonyl (C=O) groups is 1. The minimum Gasteiger partial charge on any atom is -0.349 e. The van der Waals surface area contributed by atoms with Crippen molar-refractivity contribution in [1.29, 1.82) is 0 Å². The lowest BCUT2D eigenvalue weighted by molar-refractivity contribution is 0.0927. The number of fused-ring (bicyclic) bond motifs is 1. The van der Waals surface area contributed by atoms with Gasteiger partial charge in [-0.3, -0.25) is 4.79 Å². The van der Waals surface area contributed by atoms with Gasteiger partial charge in [-0.05, 0) is 56.0 Å². The van der Waals surface area contributed by atoms with E-state index in [1.807, 2.05) is 0 Å². The molecule has 0 aliphatic heterocycles. The molecule has 0 bridgehead atoms. The Morgan fingerprint density at radius 1 is 1.23 bits per heavy atom. The van der Waals surface area contributed by atoms with Crippen molar-refractivity contribution in [1.82, 2.24) is 20.3 Å². The van der Waals surface area contributed by atoms with E-state index in [1.54, 1.807) is 24.4 Å². The molecule has 1 aromatic carbocycles. The average Bonchev–Trinajstić information content (AvgIpc) is 3.06. The number of hydrogen-bond donors (Lipinski definition) is 3. The van der Waals surface area contributed by atoms with E-state index in [9.17, 15) is 9.18 Å². The molecule has 7 heteroatoms. The number of nitrogens with one attached hydrogen (secondary N) is 2. The first-order valence-corrected chi connectivity index (χ1v) is 8.77. The molecule has 4 N–H and O–H groups in total. The lowest BCUT2D eigenvalue weighted by atomic mass is 9.91. The summed E-state index contributed by atoms with van der Waals surface area (Å²) in [6, 6.07) is 7.92. The molecule has 0 spiro atoms. The van der Waals surface area contributed by atoms with E-state index in [2.05, 4.69) is 20.3 Å². The lowest BCUT2D eigenvalue weighted by Crippen LogP contribution is -2.42. The Labute approximate surface area is 150 Å². The van der Waals surface area contributed by atoms with Gasteiger partial charge in [-0.15, -0.1) is 0 Å². The van der Waals surface area contributed by atoms with Crippen molar-refractivity contribution in [2.75, 3.05) is 0 Å². The number of halogens is 1. The van der Waals surface area contributed by atoms with E-state index in [-0.39, 0.29) is 23.8 Å².